The summed E-state index contributed by atoms with van der Waals surface area (Å²) < 4.78 is 10.8. The molecule has 29 heavy (non-hydrogen) atoms. The van der Waals surface area contributed by atoms with Gasteiger partial charge in [-0.2, -0.15) is 0 Å². The number of hydrogen-bond acceptors (Lipinski definition) is 5. The molecule has 0 saturated heterocycles. The molecule has 0 fully saturated rings. The number of anilines is 1. The molecule has 2 rings (SSSR count). The van der Waals surface area contributed by atoms with Crippen LogP contribution in [-0.4, -0.2) is 55.7 Å². The fraction of sp³-hybridized carbons (Fsp3) is 0.286. The molecule has 2 aromatic rings. The van der Waals surface area contributed by atoms with Gasteiger partial charge in [0, 0.05) is 37.5 Å². The van der Waals surface area contributed by atoms with Crippen molar-refractivity contribution in [2.75, 3.05) is 39.2 Å². The van der Waals surface area contributed by atoms with Crippen LogP contribution in [-0.2, 0) is 4.74 Å². The lowest BCUT2D eigenvalue weighted by Gasteiger charge is -2.12. The second-order valence-electron chi connectivity index (χ2n) is 6.26. The van der Waals surface area contributed by atoms with Crippen molar-refractivity contribution in [3.63, 3.8) is 0 Å². The Hall–Kier alpha value is -2.97. The fourth-order valence-corrected chi connectivity index (χ4v) is 2.59. The van der Waals surface area contributed by atoms with Crippen molar-refractivity contribution in [1.29, 1.82) is 0 Å². The number of ether oxygens (including phenoxy) is 2. The third-order valence-corrected chi connectivity index (χ3v) is 4.02. The Morgan fingerprint density at radius 2 is 1.76 bits per heavy atom. The minimum Gasteiger partial charge on any atom is -0.491 e. The van der Waals surface area contributed by atoms with Gasteiger partial charge in [0.2, 0.25) is 0 Å². The molecule has 2 N–H and O–H groups in total. The second kappa shape index (κ2) is 11.1. The third-order valence-electron chi connectivity index (χ3n) is 3.82. The highest BCUT2D eigenvalue weighted by Crippen LogP contribution is 2.14. The minimum absolute atomic E-state index is 0.0872. The third kappa shape index (κ3) is 7.17. The van der Waals surface area contributed by atoms with E-state index in [1.807, 2.05) is 6.92 Å². The average Bonchev–Trinajstić information content (AvgIpc) is 2.71. The summed E-state index contributed by atoms with van der Waals surface area (Å²) in [7, 11) is 3.39. The summed E-state index contributed by atoms with van der Waals surface area (Å²) in [6, 6.07) is 13.7. The molecule has 0 aliphatic heterocycles. The van der Waals surface area contributed by atoms with Gasteiger partial charge in [-0.05, 0) is 61.6 Å². The predicted molar refractivity (Wildman–Crippen MR) is 117 cm³/mol. The Bertz CT molecular complexity index is 853. The van der Waals surface area contributed by atoms with E-state index >= 15 is 0 Å². The van der Waals surface area contributed by atoms with Crippen LogP contribution in [0.3, 0.4) is 0 Å². The van der Waals surface area contributed by atoms with Gasteiger partial charge in [0.1, 0.15) is 12.4 Å². The first-order chi connectivity index (χ1) is 13.9. The SMILES string of the molecule is CCOCCOc1cccc(C(=O)NC(=S)Nc2ccc(C(=O)N(C)C)cc2)c1. The van der Waals surface area contributed by atoms with Gasteiger partial charge in [0.25, 0.3) is 11.8 Å². The topological polar surface area (TPSA) is 79.9 Å². The molecule has 2 amide bonds. The number of amides is 2. The Labute approximate surface area is 176 Å². The largest absolute Gasteiger partial charge is 0.491 e. The van der Waals surface area contributed by atoms with E-state index in [0.29, 0.717) is 42.4 Å². The Kier molecular flexibility index (Phi) is 8.57. The van der Waals surface area contributed by atoms with Crippen LogP contribution in [0.5, 0.6) is 5.75 Å². The molecular weight excluding hydrogens is 390 g/mol. The van der Waals surface area contributed by atoms with E-state index in [1.165, 1.54) is 4.90 Å². The molecule has 0 saturated carbocycles. The second-order valence-corrected chi connectivity index (χ2v) is 6.67. The number of nitrogens with zero attached hydrogens (tertiary/aromatic N) is 1. The molecular formula is C21H25N3O4S. The Morgan fingerprint density at radius 1 is 1.03 bits per heavy atom. The standard InChI is InChI=1S/C21H25N3O4S/c1-4-27-12-13-28-18-7-5-6-16(14-18)19(25)23-21(29)22-17-10-8-15(9-11-17)20(26)24(2)3/h5-11,14H,4,12-13H2,1-3H3,(H2,22,23,25,29). The molecule has 0 spiro atoms. The van der Waals surface area contributed by atoms with Gasteiger partial charge >= 0.3 is 0 Å². The van der Waals surface area contributed by atoms with Gasteiger partial charge in [-0.25, -0.2) is 0 Å². The van der Waals surface area contributed by atoms with Crippen LogP contribution in [0, 0.1) is 0 Å². The van der Waals surface area contributed by atoms with Gasteiger partial charge in [0.05, 0.1) is 6.61 Å². The predicted octanol–water partition coefficient (Wildman–Crippen LogP) is 2.93. The molecule has 0 atom stereocenters. The van der Waals surface area contributed by atoms with Crippen LogP contribution >= 0.6 is 12.2 Å². The smallest absolute Gasteiger partial charge is 0.257 e. The molecule has 0 unspecified atom stereocenters. The van der Waals surface area contributed by atoms with Gasteiger partial charge in [-0.15, -0.1) is 0 Å². The quantitative estimate of drug-likeness (QED) is 0.510. The minimum atomic E-state index is -0.350. The van der Waals surface area contributed by atoms with Crippen LogP contribution in [0.4, 0.5) is 5.69 Å². The molecule has 0 aromatic heterocycles. The summed E-state index contributed by atoms with van der Waals surface area (Å²) >= 11 is 5.20. The van der Waals surface area contributed by atoms with E-state index in [9.17, 15) is 9.59 Å². The first-order valence-corrected chi connectivity index (χ1v) is 9.56. The average molecular weight is 416 g/mol. The van der Waals surface area contributed by atoms with Crippen molar-refractivity contribution in [3.05, 3.63) is 59.7 Å². The summed E-state index contributed by atoms with van der Waals surface area (Å²) in [6.45, 7) is 3.44. The lowest BCUT2D eigenvalue weighted by molar-refractivity contribution is 0.0827. The van der Waals surface area contributed by atoms with Gasteiger partial charge in [0.15, 0.2) is 5.11 Å². The van der Waals surface area contributed by atoms with Crippen molar-refractivity contribution in [1.82, 2.24) is 10.2 Å². The fourth-order valence-electron chi connectivity index (χ4n) is 2.38. The lowest BCUT2D eigenvalue weighted by atomic mass is 10.2. The molecule has 2 aromatic carbocycles. The van der Waals surface area contributed by atoms with Crippen molar-refractivity contribution >= 4 is 34.8 Å². The maximum atomic E-state index is 12.4. The molecule has 0 radical (unpaired) electrons. The van der Waals surface area contributed by atoms with E-state index in [0.717, 1.165) is 0 Å². The van der Waals surface area contributed by atoms with Crippen molar-refractivity contribution in [2.45, 2.75) is 6.92 Å². The summed E-state index contributed by atoms with van der Waals surface area (Å²) in [5.41, 5.74) is 1.66. The highest BCUT2D eigenvalue weighted by atomic mass is 32.1. The number of carbonyl (C=O) groups is 2. The van der Waals surface area contributed by atoms with Crippen LogP contribution in [0.15, 0.2) is 48.5 Å². The molecule has 0 bridgehead atoms. The maximum Gasteiger partial charge on any atom is 0.257 e. The van der Waals surface area contributed by atoms with Gasteiger partial charge in [-0.1, -0.05) is 6.07 Å². The molecule has 0 heterocycles. The zero-order chi connectivity index (χ0) is 21.2. The van der Waals surface area contributed by atoms with E-state index in [2.05, 4.69) is 10.6 Å². The van der Waals surface area contributed by atoms with Gasteiger partial charge in [-0.3, -0.25) is 14.9 Å². The highest BCUT2D eigenvalue weighted by Gasteiger charge is 2.10. The molecule has 0 aliphatic rings. The zero-order valence-electron chi connectivity index (χ0n) is 16.7. The molecule has 8 heteroatoms. The first-order valence-electron chi connectivity index (χ1n) is 9.15. The zero-order valence-corrected chi connectivity index (χ0v) is 17.5. The van der Waals surface area contributed by atoms with Crippen molar-refractivity contribution in [3.8, 4) is 5.75 Å². The van der Waals surface area contributed by atoms with E-state index in [1.54, 1.807) is 62.6 Å². The van der Waals surface area contributed by atoms with Crippen LogP contribution in [0.2, 0.25) is 0 Å². The molecule has 0 aliphatic carbocycles. The van der Waals surface area contributed by atoms with Crippen LogP contribution < -0.4 is 15.4 Å². The Morgan fingerprint density at radius 3 is 2.41 bits per heavy atom. The summed E-state index contributed by atoms with van der Waals surface area (Å²) in [4.78, 5) is 25.8. The molecule has 154 valence electrons. The monoisotopic (exact) mass is 415 g/mol. The maximum absolute atomic E-state index is 12.4. The number of rotatable bonds is 8. The van der Waals surface area contributed by atoms with E-state index in [-0.39, 0.29) is 16.9 Å². The summed E-state index contributed by atoms with van der Waals surface area (Å²) in [5, 5.41) is 5.71. The number of hydrogen-bond donors (Lipinski definition) is 2. The summed E-state index contributed by atoms with van der Waals surface area (Å²) in [6.07, 6.45) is 0. The highest BCUT2D eigenvalue weighted by molar-refractivity contribution is 7.80. The van der Waals surface area contributed by atoms with Crippen molar-refractivity contribution in [2.24, 2.45) is 0 Å². The van der Waals surface area contributed by atoms with Crippen molar-refractivity contribution < 1.29 is 19.1 Å². The van der Waals surface area contributed by atoms with Crippen LogP contribution in [0.1, 0.15) is 27.6 Å². The number of nitrogens with one attached hydrogen (secondary N) is 2. The number of carbonyl (C=O) groups excluding carboxylic acids is 2. The number of thiocarbonyl (C=S) groups is 1. The Balaban J connectivity index is 1.90. The first kappa shape index (κ1) is 22.3. The summed E-state index contributed by atoms with van der Waals surface area (Å²) in [5.74, 6) is 0.144. The normalized spacial score (nSPS) is 10.2. The van der Waals surface area contributed by atoms with E-state index in [4.69, 9.17) is 21.7 Å². The molecule has 7 nitrogen and oxygen atoms in total. The van der Waals surface area contributed by atoms with E-state index < -0.39 is 0 Å². The van der Waals surface area contributed by atoms with Gasteiger partial charge < -0.3 is 19.7 Å². The van der Waals surface area contributed by atoms with Crippen LogP contribution in [0.25, 0.3) is 0 Å². The lowest BCUT2D eigenvalue weighted by Crippen LogP contribution is -2.34. The number of benzene rings is 2.